The van der Waals surface area contributed by atoms with Crippen molar-refractivity contribution in [1.29, 1.82) is 0 Å². The van der Waals surface area contributed by atoms with E-state index in [4.69, 9.17) is 4.74 Å². The number of unbranched alkanes of at least 4 members (excludes halogenated alkanes) is 2. The summed E-state index contributed by atoms with van der Waals surface area (Å²) < 4.78 is 6.35. The first-order valence-corrected chi connectivity index (χ1v) is 14.6. The number of hydrogen-bond donors (Lipinski definition) is 1. The van der Waals surface area contributed by atoms with Crippen molar-refractivity contribution in [3.8, 4) is 5.75 Å². The van der Waals surface area contributed by atoms with E-state index in [1.807, 2.05) is 47.4 Å². The molecule has 204 valence electrons. The van der Waals surface area contributed by atoms with Crippen LogP contribution in [0.5, 0.6) is 5.75 Å². The molecular weight excluding hydrogens is 486 g/mol. The van der Waals surface area contributed by atoms with Crippen molar-refractivity contribution in [2.45, 2.75) is 63.1 Å². The van der Waals surface area contributed by atoms with Crippen LogP contribution in [0.3, 0.4) is 0 Å². The first kappa shape index (κ1) is 25.9. The largest absolute Gasteiger partial charge is 0.485 e. The van der Waals surface area contributed by atoms with E-state index in [0.29, 0.717) is 12.6 Å². The van der Waals surface area contributed by atoms with Gasteiger partial charge in [-0.25, -0.2) is 0 Å². The van der Waals surface area contributed by atoms with Gasteiger partial charge in [0.05, 0.1) is 11.5 Å². The van der Waals surface area contributed by atoms with Crippen molar-refractivity contribution in [1.82, 2.24) is 15.1 Å². The minimum atomic E-state index is -0.636. The van der Waals surface area contributed by atoms with Gasteiger partial charge in [0.15, 0.2) is 0 Å². The number of nitrogens with one attached hydrogen (secondary N) is 1. The van der Waals surface area contributed by atoms with E-state index in [1.165, 1.54) is 0 Å². The molecule has 0 saturated carbocycles. The maximum atomic E-state index is 13.9. The molecule has 4 aliphatic rings. The van der Waals surface area contributed by atoms with Crippen molar-refractivity contribution < 1.29 is 14.3 Å². The number of amides is 2. The lowest BCUT2D eigenvalue weighted by Crippen LogP contribution is -2.59. The monoisotopic (exact) mass is 525 g/mol. The topological polar surface area (TPSA) is 61.9 Å². The van der Waals surface area contributed by atoms with Gasteiger partial charge in [0.25, 0.3) is 5.91 Å². The average Bonchev–Trinajstić information content (AvgIpc) is 3.27. The third kappa shape index (κ3) is 4.69. The Bertz CT molecular complexity index is 1280. The molecule has 1 fully saturated rings. The Morgan fingerprint density at radius 3 is 2.67 bits per heavy atom. The average molecular weight is 526 g/mol. The first-order valence-electron chi connectivity index (χ1n) is 14.6. The van der Waals surface area contributed by atoms with Crippen LogP contribution < -0.4 is 10.1 Å². The molecule has 3 heterocycles. The lowest BCUT2D eigenvalue weighted by Gasteiger charge is -2.47. The van der Waals surface area contributed by atoms with Crippen LogP contribution in [-0.4, -0.2) is 59.9 Å². The highest BCUT2D eigenvalue weighted by Crippen LogP contribution is 2.50. The maximum Gasteiger partial charge on any atom is 0.254 e. The van der Waals surface area contributed by atoms with E-state index in [2.05, 4.69) is 47.5 Å². The number of benzene rings is 2. The molecule has 1 N–H and O–H groups in total. The molecule has 6 heteroatoms. The fourth-order valence-corrected chi connectivity index (χ4v) is 6.90. The van der Waals surface area contributed by atoms with E-state index < -0.39 is 5.41 Å². The van der Waals surface area contributed by atoms with Crippen LogP contribution in [0.2, 0.25) is 0 Å². The Hall–Kier alpha value is -3.38. The second kappa shape index (κ2) is 11.0. The summed E-state index contributed by atoms with van der Waals surface area (Å²) in [6.45, 7) is 6.46. The Balaban J connectivity index is 1.06. The van der Waals surface area contributed by atoms with E-state index >= 15 is 0 Å². The molecule has 39 heavy (non-hydrogen) atoms. The van der Waals surface area contributed by atoms with E-state index in [0.717, 1.165) is 80.7 Å². The molecule has 2 amide bonds. The predicted molar refractivity (Wildman–Crippen MR) is 153 cm³/mol. The van der Waals surface area contributed by atoms with Crippen molar-refractivity contribution in [3.63, 3.8) is 0 Å². The quantitative estimate of drug-likeness (QED) is 0.451. The van der Waals surface area contributed by atoms with Crippen LogP contribution in [0.25, 0.3) is 0 Å². The van der Waals surface area contributed by atoms with E-state index in [1.54, 1.807) is 0 Å². The number of allylic oxidation sites excluding steroid dienone is 2. The summed E-state index contributed by atoms with van der Waals surface area (Å²) in [7, 11) is 0. The summed E-state index contributed by atoms with van der Waals surface area (Å²) in [4.78, 5) is 31.2. The van der Waals surface area contributed by atoms with Gasteiger partial charge < -0.3 is 15.0 Å². The molecule has 3 atom stereocenters. The lowest BCUT2D eigenvalue weighted by atomic mass is 9.62. The van der Waals surface area contributed by atoms with Gasteiger partial charge in [0.2, 0.25) is 5.91 Å². The molecule has 0 aromatic heterocycles. The van der Waals surface area contributed by atoms with Crippen LogP contribution in [0, 0.1) is 5.92 Å². The van der Waals surface area contributed by atoms with Crippen molar-refractivity contribution in [2.24, 2.45) is 5.92 Å². The standard InChI is InChI=1S/C33H39N3O3/c1-2-19-34-32(38)33(27-14-6-8-16-29(27)39-30-17-9-7-15-28(30)33)18-10-3-11-20-35-22-25(23-35)36-21-24-12-4-5-13-26(24)31(36)37/h4-9,12-17,25,27,29H,2-3,10-11,18-23H2,1H3,(H,34,38). The second-order valence-electron chi connectivity index (χ2n) is 11.4. The maximum absolute atomic E-state index is 13.9. The van der Waals surface area contributed by atoms with E-state index in [9.17, 15) is 9.59 Å². The molecule has 3 unspecified atom stereocenters. The van der Waals surface area contributed by atoms with Crippen LogP contribution in [0.4, 0.5) is 0 Å². The molecular formula is C33H39N3O3. The van der Waals surface area contributed by atoms with Gasteiger partial charge in [0.1, 0.15) is 11.9 Å². The summed E-state index contributed by atoms with van der Waals surface area (Å²) in [5.74, 6) is 1.11. The summed E-state index contributed by atoms with van der Waals surface area (Å²) >= 11 is 0. The van der Waals surface area contributed by atoms with Crippen LogP contribution in [0.1, 0.15) is 60.5 Å². The van der Waals surface area contributed by atoms with Crippen LogP contribution >= 0.6 is 0 Å². The third-order valence-electron chi connectivity index (χ3n) is 9.00. The summed E-state index contributed by atoms with van der Waals surface area (Å²) in [6.07, 6.45) is 13.1. The minimum absolute atomic E-state index is 0.0208. The third-order valence-corrected chi connectivity index (χ3v) is 9.00. The normalized spacial score (nSPS) is 25.5. The fourth-order valence-electron chi connectivity index (χ4n) is 6.90. The number of hydrogen-bond acceptors (Lipinski definition) is 4. The van der Waals surface area contributed by atoms with Crippen LogP contribution in [-0.2, 0) is 16.8 Å². The number of nitrogens with zero attached hydrogens (tertiary/aromatic N) is 2. The smallest absolute Gasteiger partial charge is 0.254 e. The highest BCUT2D eigenvalue weighted by molar-refractivity contribution is 5.98. The summed E-state index contributed by atoms with van der Waals surface area (Å²) in [5.41, 5.74) is 2.40. The molecule has 1 aliphatic carbocycles. The molecule has 2 aromatic carbocycles. The molecule has 3 aliphatic heterocycles. The zero-order valence-corrected chi connectivity index (χ0v) is 22.9. The van der Waals surface area contributed by atoms with Gasteiger partial charge in [-0.3, -0.25) is 14.5 Å². The van der Waals surface area contributed by atoms with Gasteiger partial charge >= 0.3 is 0 Å². The molecule has 0 radical (unpaired) electrons. The highest BCUT2D eigenvalue weighted by atomic mass is 16.5. The molecule has 0 spiro atoms. The van der Waals surface area contributed by atoms with Gasteiger partial charge in [-0.1, -0.05) is 74.4 Å². The summed E-state index contributed by atoms with van der Waals surface area (Å²) in [6, 6.07) is 16.4. The number of carbonyl (C=O) groups excluding carboxylic acids is 2. The van der Waals surface area contributed by atoms with Crippen LogP contribution in [0.15, 0.2) is 72.8 Å². The van der Waals surface area contributed by atoms with Gasteiger partial charge in [0, 0.05) is 43.2 Å². The minimum Gasteiger partial charge on any atom is -0.485 e. The number of fused-ring (bicyclic) bond motifs is 3. The van der Waals surface area contributed by atoms with Gasteiger partial charge in [-0.15, -0.1) is 0 Å². The first-order chi connectivity index (χ1) is 19.1. The Morgan fingerprint density at radius 1 is 1.03 bits per heavy atom. The number of para-hydroxylation sites is 1. The Kier molecular flexibility index (Phi) is 7.30. The zero-order chi connectivity index (χ0) is 26.8. The molecule has 6 nitrogen and oxygen atoms in total. The van der Waals surface area contributed by atoms with Gasteiger partial charge in [-0.05, 0) is 49.6 Å². The number of likely N-dealkylation sites (tertiary alicyclic amines) is 1. The number of ether oxygens (including phenoxy) is 1. The number of rotatable bonds is 10. The SMILES string of the molecule is CCCNC(=O)C1(CCCCCN2CC(N3Cc4ccccc4C3=O)C2)c2ccccc2OC2C=CC=CC21. The van der Waals surface area contributed by atoms with Crippen molar-refractivity contribution >= 4 is 11.8 Å². The fraction of sp³-hybridized carbons (Fsp3) is 0.455. The van der Waals surface area contributed by atoms with Crippen molar-refractivity contribution in [3.05, 3.63) is 89.5 Å². The Labute approximate surface area is 231 Å². The lowest BCUT2D eigenvalue weighted by molar-refractivity contribution is -0.130. The second-order valence-corrected chi connectivity index (χ2v) is 11.4. The van der Waals surface area contributed by atoms with E-state index in [-0.39, 0.29) is 23.8 Å². The van der Waals surface area contributed by atoms with Crippen molar-refractivity contribution in [2.75, 3.05) is 26.2 Å². The molecule has 6 rings (SSSR count). The number of carbonyl (C=O) groups is 2. The molecule has 0 bridgehead atoms. The van der Waals surface area contributed by atoms with Gasteiger partial charge in [-0.2, -0.15) is 0 Å². The zero-order valence-electron chi connectivity index (χ0n) is 22.9. The highest BCUT2D eigenvalue weighted by Gasteiger charge is 2.53. The Morgan fingerprint density at radius 2 is 1.82 bits per heavy atom. The molecule has 1 saturated heterocycles. The summed E-state index contributed by atoms with van der Waals surface area (Å²) in [5, 5.41) is 3.24. The molecule has 2 aromatic rings. The predicted octanol–water partition coefficient (Wildman–Crippen LogP) is 4.85.